The van der Waals surface area contributed by atoms with Crippen LogP contribution in [0.3, 0.4) is 0 Å². The van der Waals surface area contributed by atoms with E-state index in [1.807, 2.05) is 24.3 Å². The van der Waals surface area contributed by atoms with E-state index in [1.54, 1.807) is 0 Å². The molecule has 0 fully saturated rings. The first kappa shape index (κ1) is 93.4. The summed E-state index contributed by atoms with van der Waals surface area (Å²) in [6.45, 7) is 17.6. The van der Waals surface area contributed by atoms with Crippen LogP contribution >= 0.6 is 0 Å². The molecule has 580 valence electrons. The zero-order valence-corrected chi connectivity index (χ0v) is 65.0. The number of rotatable bonds is 74. The van der Waals surface area contributed by atoms with Crippen LogP contribution in [0.5, 0.6) is 0 Å². The highest BCUT2D eigenvalue weighted by molar-refractivity contribution is 5.15. The highest BCUT2D eigenvalue weighted by Crippen LogP contribution is 2.17. The Bertz CT molecular complexity index is 2000. The Morgan fingerprint density at radius 2 is 0.475 bits per heavy atom. The molecule has 4 rings (SSSR count). The fourth-order valence-electron chi connectivity index (χ4n) is 12.3. The molecular weight excluding hydrogens is 1260 g/mol. The smallest absolute Gasteiger partial charge is 0.0855 e. The SMILES string of the molecule is CCCCCCCCCCCCCCCCCCOCC(COCc1ccccc1)NCCCOCc1ccccc1.CCCCCCCCCCCCCCCCCCOCC(COCc1ccccc1)NCCCOCc1ccccc1.CCCCCCCCCCCCOOOOO. The lowest BCUT2D eigenvalue weighted by atomic mass is 10.0. The summed E-state index contributed by atoms with van der Waals surface area (Å²) in [6.07, 6.45) is 59.3. The van der Waals surface area contributed by atoms with Crippen molar-refractivity contribution >= 4 is 0 Å². The van der Waals surface area contributed by atoms with Crippen LogP contribution in [0.25, 0.3) is 0 Å². The molecule has 0 aliphatic heterocycles. The first-order chi connectivity index (χ1) is 50.2. The maximum Gasteiger partial charge on any atom is 0.0855 e. The Hall–Kier alpha value is -3.64. The van der Waals surface area contributed by atoms with Gasteiger partial charge in [-0.15, -0.1) is 0 Å². The van der Waals surface area contributed by atoms with Crippen LogP contribution in [0.4, 0.5) is 0 Å². The van der Waals surface area contributed by atoms with E-state index >= 15 is 0 Å². The third-order valence-corrected chi connectivity index (χ3v) is 18.5. The number of hydrogen-bond acceptors (Lipinski definition) is 13. The van der Waals surface area contributed by atoms with Crippen LogP contribution in [0.2, 0.25) is 0 Å². The maximum atomic E-state index is 7.72. The summed E-state index contributed by atoms with van der Waals surface area (Å²) < 4.78 is 35.9. The predicted octanol–water partition coefficient (Wildman–Crippen LogP) is 24.3. The molecule has 4 aromatic rings. The minimum absolute atomic E-state index is 0.198. The van der Waals surface area contributed by atoms with E-state index in [2.05, 4.69) is 148 Å². The summed E-state index contributed by atoms with van der Waals surface area (Å²) in [5, 5.41) is 25.8. The molecule has 0 saturated carbocycles. The van der Waals surface area contributed by atoms with Gasteiger partial charge < -0.3 is 39.1 Å². The molecule has 0 aliphatic rings. The lowest BCUT2D eigenvalue weighted by Crippen LogP contribution is -2.38. The molecule has 0 heterocycles. The molecule has 0 aromatic heterocycles. The van der Waals surface area contributed by atoms with Crippen molar-refractivity contribution < 1.29 is 53.7 Å². The van der Waals surface area contributed by atoms with Crippen molar-refractivity contribution in [2.75, 3.05) is 72.6 Å². The van der Waals surface area contributed by atoms with Gasteiger partial charge >= 0.3 is 0 Å². The lowest BCUT2D eigenvalue weighted by Gasteiger charge is -2.19. The molecule has 0 aliphatic carbocycles. The normalized spacial score (nSPS) is 11.9. The second-order valence-corrected chi connectivity index (χ2v) is 28.1. The van der Waals surface area contributed by atoms with Crippen LogP contribution in [-0.2, 0) is 74.9 Å². The van der Waals surface area contributed by atoms with Crippen molar-refractivity contribution in [2.45, 2.75) is 342 Å². The molecule has 4 aromatic carbocycles. The minimum Gasteiger partial charge on any atom is -0.380 e. The van der Waals surface area contributed by atoms with Gasteiger partial charge in [-0.05, 0) is 82.6 Å². The van der Waals surface area contributed by atoms with Gasteiger partial charge in [0, 0.05) is 26.4 Å². The molecular formula is C88H152N2O11. The first-order valence-corrected chi connectivity index (χ1v) is 41.5. The fourth-order valence-corrected chi connectivity index (χ4v) is 12.3. The van der Waals surface area contributed by atoms with Gasteiger partial charge in [0.2, 0.25) is 0 Å². The molecule has 13 nitrogen and oxygen atoms in total. The van der Waals surface area contributed by atoms with E-state index in [-0.39, 0.29) is 12.1 Å². The largest absolute Gasteiger partial charge is 0.380 e. The average molecular weight is 1410 g/mol. The van der Waals surface area contributed by atoms with Gasteiger partial charge in [0.15, 0.2) is 0 Å². The molecule has 13 heteroatoms. The van der Waals surface area contributed by atoms with E-state index in [4.69, 9.17) is 33.7 Å². The van der Waals surface area contributed by atoms with E-state index in [1.165, 1.54) is 266 Å². The standard InChI is InChI=1S/2C38H63NO3.C12H26O5/c2*1-2-3-4-5-6-7-8-9-10-11-12-13-14-15-16-23-30-41-34-38(35-42-33-37-27-21-18-22-28-37)39-29-24-31-40-32-36-25-19-17-20-26-36;1-2-3-4-5-6-7-8-9-10-11-12-14-16-17-15-13/h2*17-22,25-28,38-39H,2-16,23-24,29-35H2,1H3;13H,2-12H2,1H3. The highest BCUT2D eigenvalue weighted by atomic mass is 17.8. The van der Waals surface area contributed by atoms with Crippen LogP contribution in [0.1, 0.15) is 326 Å². The molecule has 0 saturated heterocycles. The summed E-state index contributed by atoms with van der Waals surface area (Å²) >= 11 is 0. The van der Waals surface area contributed by atoms with E-state index in [0.717, 1.165) is 78.0 Å². The Kier molecular flexibility index (Phi) is 73.0. The molecule has 2 unspecified atom stereocenters. The topological polar surface area (TPSA) is 137 Å². The van der Waals surface area contributed by atoms with Gasteiger partial charge in [-0.3, -0.25) is 0 Å². The Morgan fingerprint density at radius 1 is 0.248 bits per heavy atom. The average Bonchev–Trinajstić information content (AvgIpc) is 2.36. The first-order valence-electron chi connectivity index (χ1n) is 41.5. The monoisotopic (exact) mass is 1410 g/mol. The summed E-state index contributed by atoms with van der Waals surface area (Å²) in [4.78, 5) is 4.54. The second-order valence-electron chi connectivity index (χ2n) is 28.1. The zero-order chi connectivity index (χ0) is 71.8. The van der Waals surface area contributed by atoms with E-state index < -0.39 is 0 Å². The van der Waals surface area contributed by atoms with Crippen molar-refractivity contribution in [1.82, 2.24) is 10.6 Å². The number of unbranched alkanes of at least 4 members (excludes halogenated alkanes) is 39. The summed E-state index contributed by atoms with van der Waals surface area (Å²) in [5.74, 6) is 0. The van der Waals surface area contributed by atoms with Crippen molar-refractivity contribution in [2.24, 2.45) is 0 Å². The number of nitrogens with one attached hydrogen (secondary N) is 2. The molecule has 0 bridgehead atoms. The summed E-state index contributed by atoms with van der Waals surface area (Å²) in [6, 6.07) is 41.9. The Morgan fingerprint density at radius 3 is 0.743 bits per heavy atom. The predicted molar refractivity (Wildman–Crippen MR) is 422 cm³/mol. The van der Waals surface area contributed by atoms with Crippen LogP contribution in [0.15, 0.2) is 121 Å². The number of ether oxygens (including phenoxy) is 6. The Labute approximate surface area is 619 Å². The number of benzene rings is 4. The molecule has 101 heavy (non-hydrogen) atoms. The van der Waals surface area contributed by atoms with E-state index in [0.29, 0.717) is 59.5 Å². The van der Waals surface area contributed by atoms with Crippen molar-refractivity contribution in [3.05, 3.63) is 144 Å². The third kappa shape index (κ3) is 68.0. The third-order valence-electron chi connectivity index (χ3n) is 18.5. The molecule has 3 N–H and O–H groups in total. The van der Waals surface area contributed by atoms with Gasteiger partial charge in [0.05, 0.1) is 71.5 Å². The molecule has 0 amide bonds. The summed E-state index contributed by atoms with van der Waals surface area (Å²) in [7, 11) is 0. The molecule has 2 atom stereocenters. The lowest BCUT2D eigenvalue weighted by molar-refractivity contribution is -0.702. The van der Waals surface area contributed by atoms with Gasteiger partial charge in [-0.1, -0.05) is 393 Å². The van der Waals surface area contributed by atoms with Crippen molar-refractivity contribution in [1.29, 1.82) is 0 Å². The van der Waals surface area contributed by atoms with Gasteiger partial charge in [-0.25, -0.2) is 10.1 Å². The molecule has 0 radical (unpaired) electrons. The Balaban J connectivity index is 0.000000560. The van der Waals surface area contributed by atoms with Crippen LogP contribution in [-0.4, -0.2) is 89.9 Å². The van der Waals surface area contributed by atoms with Gasteiger partial charge in [0.25, 0.3) is 0 Å². The van der Waals surface area contributed by atoms with Gasteiger partial charge in [0.1, 0.15) is 0 Å². The highest BCUT2D eigenvalue weighted by Gasteiger charge is 2.12. The van der Waals surface area contributed by atoms with Crippen LogP contribution < -0.4 is 10.6 Å². The van der Waals surface area contributed by atoms with Crippen LogP contribution in [0, 0.1) is 0 Å². The quantitative estimate of drug-likeness (QED) is 0.0220. The maximum absolute atomic E-state index is 7.72. The van der Waals surface area contributed by atoms with Gasteiger partial charge in [-0.2, -0.15) is 0 Å². The van der Waals surface area contributed by atoms with Crippen molar-refractivity contribution in [3.63, 3.8) is 0 Å². The fraction of sp³-hybridized carbons (Fsp3) is 0.727. The zero-order valence-electron chi connectivity index (χ0n) is 65.0. The number of hydrogen-bond donors (Lipinski definition) is 3. The second kappa shape index (κ2) is 78.9. The minimum atomic E-state index is 0.198. The molecule has 0 spiro atoms. The van der Waals surface area contributed by atoms with E-state index in [9.17, 15) is 0 Å². The summed E-state index contributed by atoms with van der Waals surface area (Å²) in [5.41, 5.74) is 4.86. The van der Waals surface area contributed by atoms with Crippen molar-refractivity contribution in [3.8, 4) is 0 Å².